The van der Waals surface area contributed by atoms with Gasteiger partial charge in [-0.05, 0) is 18.1 Å². The first-order chi connectivity index (χ1) is 12.7. The molecular formula is C17H25FN2O6Si. The van der Waals surface area contributed by atoms with E-state index in [9.17, 15) is 29.3 Å². The van der Waals surface area contributed by atoms with Crippen LogP contribution in [0.2, 0.25) is 18.1 Å². The fraction of sp³-hybridized carbons (Fsp3) is 0.647. The highest BCUT2D eigenvalue weighted by Crippen LogP contribution is 2.36. The molecule has 1 fully saturated rings. The minimum atomic E-state index is -1.95. The molecule has 8 nitrogen and oxygen atoms in total. The lowest BCUT2D eigenvalue weighted by molar-refractivity contribution is -0.0939. The second-order valence-electron chi connectivity index (χ2n) is 6.73. The van der Waals surface area contributed by atoms with E-state index >= 15 is 0 Å². The van der Waals surface area contributed by atoms with Gasteiger partial charge in [-0.1, -0.05) is 26.7 Å². The van der Waals surface area contributed by atoms with Gasteiger partial charge in [0.05, 0.1) is 12.8 Å². The molecule has 27 heavy (non-hydrogen) atoms. The zero-order chi connectivity index (χ0) is 20.4. The number of hydrogen-bond donors (Lipinski definition) is 4. The van der Waals surface area contributed by atoms with Crippen LogP contribution in [0.4, 0.5) is 4.39 Å². The minimum Gasteiger partial charge on any atom is -0.392 e. The average Bonchev–Trinajstić information content (AvgIpc) is 2.92. The molecule has 1 aliphatic rings. The Morgan fingerprint density at radius 3 is 2.41 bits per heavy atom. The molecule has 4 N–H and O–H groups in total. The van der Waals surface area contributed by atoms with Crippen LogP contribution in [0.25, 0.3) is 0 Å². The first-order valence-corrected chi connectivity index (χ1v) is 11.5. The topological polar surface area (TPSA) is 125 Å². The Morgan fingerprint density at radius 2 is 1.89 bits per heavy atom. The molecule has 0 saturated carbocycles. The first kappa shape index (κ1) is 21.5. The van der Waals surface area contributed by atoms with E-state index in [0.717, 1.165) is 18.1 Å². The molecule has 1 aliphatic heterocycles. The van der Waals surface area contributed by atoms with Crippen molar-refractivity contribution in [2.75, 3.05) is 6.61 Å². The molecule has 0 radical (unpaired) electrons. The van der Waals surface area contributed by atoms with Crippen molar-refractivity contribution in [3.63, 3.8) is 0 Å². The van der Waals surface area contributed by atoms with E-state index < -0.39 is 55.8 Å². The lowest BCUT2D eigenvalue weighted by Crippen LogP contribution is -2.46. The Balaban J connectivity index is 2.49. The molecule has 10 heteroatoms. The highest BCUT2D eigenvalue weighted by atomic mass is 28.3. The summed E-state index contributed by atoms with van der Waals surface area (Å²) in [5, 5.41) is 30.7. The van der Waals surface area contributed by atoms with E-state index in [1.807, 2.05) is 20.8 Å². The summed E-state index contributed by atoms with van der Waals surface area (Å²) in [5.74, 6) is 1.56. The maximum atomic E-state index is 13.6. The van der Waals surface area contributed by atoms with Crippen LogP contribution in [-0.4, -0.2) is 57.4 Å². The number of aliphatic hydroxyl groups is 3. The van der Waals surface area contributed by atoms with Crippen LogP contribution in [0.3, 0.4) is 0 Å². The summed E-state index contributed by atoms with van der Waals surface area (Å²) >= 11 is 0. The summed E-state index contributed by atoms with van der Waals surface area (Å²) in [5.41, 5.74) is -0.845. The van der Waals surface area contributed by atoms with Gasteiger partial charge in [0.2, 0.25) is 5.82 Å². The highest BCUT2D eigenvalue weighted by Gasteiger charge is 2.54. The van der Waals surface area contributed by atoms with E-state index in [2.05, 4.69) is 11.5 Å². The molecule has 2 rings (SSSR count). The van der Waals surface area contributed by atoms with Crippen LogP contribution < -0.4 is 11.2 Å². The predicted octanol–water partition coefficient (Wildman–Crippen LogP) is -0.292. The average molecular weight is 400 g/mol. The fourth-order valence-electron chi connectivity index (χ4n) is 3.19. The third kappa shape index (κ3) is 3.79. The van der Waals surface area contributed by atoms with Crippen molar-refractivity contribution in [3.8, 4) is 11.5 Å². The SMILES string of the molecule is CC[Si](C#C[C@@]1(CO)O[C@H](n2cc(F)c(=O)[nH]c2=O)C(O)C1O)(CC)CC. The number of H-pyrrole nitrogens is 1. The van der Waals surface area contributed by atoms with Gasteiger partial charge in [0.15, 0.2) is 11.8 Å². The number of nitrogens with zero attached hydrogens (tertiary/aromatic N) is 1. The molecule has 0 bridgehead atoms. The van der Waals surface area contributed by atoms with Gasteiger partial charge >= 0.3 is 5.69 Å². The largest absolute Gasteiger partial charge is 0.392 e. The van der Waals surface area contributed by atoms with E-state index in [0.29, 0.717) is 10.8 Å². The second kappa shape index (κ2) is 8.08. The number of aliphatic hydroxyl groups excluding tert-OH is 3. The zero-order valence-electron chi connectivity index (χ0n) is 15.5. The Kier molecular flexibility index (Phi) is 6.44. The van der Waals surface area contributed by atoms with Gasteiger partial charge in [0.1, 0.15) is 20.3 Å². The minimum absolute atomic E-state index is 0.589. The molecule has 0 spiro atoms. The number of ether oxygens (including phenoxy) is 1. The van der Waals surface area contributed by atoms with Crippen molar-refractivity contribution < 1.29 is 24.4 Å². The summed E-state index contributed by atoms with van der Waals surface area (Å²) in [6.45, 7) is 5.38. The van der Waals surface area contributed by atoms with Gasteiger partial charge < -0.3 is 20.1 Å². The van der Waals surface area contributed by atoms with Crippen molar-refractivity contribution in [1.29, 1.82) is 0 Å². The summed E-state index contributed by atoms with van der Waals surface area (Å²) in [6.07, 6.45) is -4.21. The van der Waals surface area contributed by atoms with Crippen molar-refractivity contribution in [2.45, 2.75) is 62.9 Å². The molecule has 1 aromatic heterocycles. The van der Waals surface area contributed by atoms with Crippen LogP contribution >= 0.6 is 0 Å². The number of rotatable bonds is 5. The Morgan fingerprint density at radius 1 is 1.30 bits per heavy atom. The highest BCUT2D eigenvalue weighted by molar-refractivity contribution is 6.87. The maximum Gasteiger partial charge on any atom is 0.330 e. The third-order valence-electron chi connectivity index (χ3n) is 5.43. The first-order valence-electron chi connectivity index (χ1n) is 8.89. The molecule has 1 saturated heterocycles. The van der Waals surface area contributed by atoms with Crippen LogP contribution in [0.15, 0.2) is 15.8 Å². The molecule has 4 atom stereocenters. The molecule has 0 amide bonds. The van der Waals surface area contributed by atoms with Gasteiger partial charge in [0.25, 0.3) is 5.56 Å². The maximum absolute atomic E-state index is 13.6. The summed E-state index contributed by atoms with van der Waals surface area (Å²) in [6, 6.07) is 2.63. The Bertz CT molecular complexity index is 847. The number of hydrogen-bond acceptors (Lipinski definition) is 6. The molecule has 0 aromatic carbocycles. The summed E-state index contributed by atoms with van der Waals surface area (Å²) in [7, 11) is -1.95. The van der Waals surface area contributed by atoms with Crippen molar-refractivity contribution in [2.24, 2.45) is 0 Å². The van der Waals surface area contributed by atoms with E-state index in [4.69, 9.17) is 4.74 Å². The molecule has 0 aliphatic carbocycles. The van der Waals surface area contributed by atoms with Crippen molar-refractivity contribution in [1.82, 2.24) is 9.55 Å². The molecule has 150 valence electrons. The van der Waals surface area contributed by atoms with E-state index in [1.54, 1.807) is 4.98 Å². The van der Waals surface area contributed by atoms with E-state index in [-0.39, 0.29) is 0 Å². The number of aromatic amines is 1. The van der Waals surface area contributed by atoms with Gasteiger partial charge in [-0.25, -0.2) is 4.79 Å². The van der Waals surface area contributed by atoms with Crippen LogP contribution in [-0.2, 0) is 4.74 Å². The van der Waals surface area contributed by atoms with Crippen LogP contribution in [0, 0.1) is 17.3 Å². The zero-order valence-corrected chi connectivity index (χ0v) is 16.5. The van der Waals surface area contributed by atoms with E-state index in [1.165, 1.54) is 0 Å². The predicted molar refractivity (Wildman–Crippen MR) is 98.2 cm³/mol. The van der Waals surface area contributed by atoms with Crippen LogP contribution in [0.5, 0.6) is 0 Å². The van der Waals surface area contributed by atoms with Gasteiger partial charge in [-0.2, -0.15) is 4.39 Å². The van der Waals surface area contributed by atoms with Gasteiger partial charge in [0, 0.05) is 0 Å². The molecule has 2 unspecified atom stereocenters. The standard InChI is InChI=1S/C17H25FN2O6Si/c1-4-27(5-2,6-3)8-7-17(10-21)13(23)12(22)15(26-17)20-9-11(18)14(24)19-16(20)25/h9,12-13,15,21-23H,4-6,10H2,1-3H3,(H,19,24,25)/t12?,13?,15-,17-/m0/s1. The van der Waals surface area contributed by atoms with Crippen molar-refractivity contribution >= 4 is 8.07 Å². The fourth-order valence-corrected chi connectivity index (χ4v) is 5.69. The molecular weight excluding hydrogens is 375 g/mol. The number of nitrogens with one attached hydrogen (secondary N) is 1. The number of aromatic nitrogens is 2. The summed E-state index contributed by atoms with van der Waals surface area (Å²) < 4.78 is 19.8. The molecule has 1 aromatic rings. The quantitative estimate of drug-likeness (QED) is 0.398. The third-order valence-corrected chi connectivity index (χ3v) is 10.1. The normalized spacial score (nSPS) is 28.0. The Hall–Kier alpha value is -1.77. The monoisotopic (exact) mass is 400 g/mol. The molecule has 2 heterocycles. The van der Waals surface area contributed by atoms with Gasteiger partial charge in [-0.15, -0.1) is 5.54 Å². The number of halogens is 1. The van der Waals surface area contributed by atoms with Gasteiger partial charge in [-0.3, -0.25) is 14.3 Å². The lowest BCUT2D eigenvalue weighted by Gasteiger charge is -2.26. The van der Waals surface area contributed by atoms with Crippen molar-refractivity contribution in [3.05, 3.63) is 32.9 Å². The second-order valence-corrected chi connectivity index (χ2v) is 11.7. The summed E-state index contributed by atoms with van der Waals surface area (Å²) in [4.78, 5) is 24.9. The van der Waals surface area contributed by atoms with Crippen LogP contribution in [0.1, 0.15) is 27.0 Å². The Labute approximate surface area is 156 Å². The smallest absolute Gasteiger partial charge is 0.330 e. The lowest BCUT2D eigenvalue weighted by atomic mass is 9.97.